The number of carbonyl (C=O) groups is 2. The molecule has 1 aliphatic heterocycles. The highest BCUT2D eigenvalue weighted by Gasteiger charge is 2.38. The van der Waals surface area contributed by atoms with Gasteiger partial charge in [-0.2, -0.15) is 0 Å². The number of methoxy groups -OCH3 is 1. The van der Waals surface area contributed by atoms with Gasteiger partial charge in [-0.05, 0) is 24.1 Å². The normalized spacial score (nSPS) is 18.0. The van der Waals surface area contributed by atoms with Crippen LogP contribution in [0, 0.1) is 11.7 Å². The van der Waals surface area contributed by atoms with E-state index in [0.717, 1.165) is 5.69 Å². The van der Waals surface area contributed by atoms with Crippen molar-refractivity contribution >= 4 is 23.6 Å². The fourth-order valence-corrected chi connectivity index (χ4v) is 3.73. The minimum Gasteiger partial charge on any atom is -0.467 e. The molecule has 0 spiro atoms. The Balaban J connectivity index is 1.97. The van der Waals surface area contributed by atoms with Crippen LogP contribution in [0.15, 0.2) is 24.5 Å². The van der Waals surface area contributed by atoms with E-state index in [1.54, 1.807) is 0 Å². The second-order valence-electron chi connectivity index (χ2n) is 7.11. The molecule has 0 saturated heterocycles. The summed E-state index contributed by atoms with van der Waals surface area (Å²) in [6.07, 6.45) is 2.74. The number of aromatic amines is 1. The molecule has 0 radical (unpaired) electrons. The van der Waals surface area contributed by atoms with E-state index in [2.05, 4.69) is 15.3 Å². The summed E-state index contributed by atoms with van der Waals surface area (Å²) in [6, 6.07) is 2.17. The molecule has 2 amide bonds. The molecular formula is C20H24ClFN4O3. The van der Waals surface area contributed by atoms with Gasteiger partial charge in [-0.1, -0.05) is 31.9 Å². The second-order valence-corrected chi connectivity index (χ2v) is 7.55. The molecule has 0 fully saturated rings. The molecule has 2 aromatic rings. The molecule has 29 heavy (non-hydrogen) atoms. The molecule has 3 rings (SSSR count). The number of urea groups is 1. The molecule has 1 aromatic carbocycles. The number of ether oxygens (including phenoxy) is 1. The number of halogens is 2. The van der Waals surface area contributed by atoms with Gasteiger partial charge in [0.15, 0.2) is 0 Å². The standard InChI is InChI=1S/C20H24ClFN4O3/c1-4-11(2)16(19(27)29-3)25-20(28)26-8-7-15-17(24-10-23-15)18(26)13-9-12(21)5-6-14(13)22/h5-6,9-11,16,18H,4,7-8H2,1-3H3,(H,23,24)(H,25,28). The van der Waals surface area contributed by atoms with Gasteiger partial charge in [-0.3, -0.25) is 0 Å². The number of fused-ring (bicyclic) bond motifs is 1. The van der Waals surface area contributed by atoms with Crippen LogP contribution in [0.3, 0.4) is 0 Å². The average Bonchev–Trinajstić information content (AvgIpc) is 3.20. The van der Waals surface area contributed by atoms with E-state index >= 15 is 0 Å². The van der Waals surface area contributed by atoms with Crippen LogP contribution in [0.5, 0.6) is 0 Å². The number of carbonyl (C=O) groups excluding carboxylic acids is 2. The number of amides is 2. The number of hydrogen-bond donors (Lipinski definition) is 2. The van der Waals surface area contributed by atoms with Crippen molar-refractivity contribution in [2.24, 2.45) is 5.92 Å². The minimum absolute atomic E-state index is 0.126. The maximum absolute atomic E-state index is 14.7. The Kier molecular flexibility index (Phi) is 6.42. The van der Waals surface area contributed by atoms with Crippen LogP contribution in [-0.4, -0.2) is 46.6 Å². The lowest BCUT2D eigenvalue weighted by atomic mass is 9.95. The van der Waals surface area contributed by atoms with Crippen LogP contribution in [0.25, 0.3) is 0 Å². The summed E-state index contributed by atoms with van der Waals surface area (Å²) in [7, 11) is 1.28. The molecule has 3 atom stereocenters. The SMILES string of the molecule is CCC(C)C(NC(=O)N1CCc2[nH]cnc2C1c1cc(Cl)ccc1F)C(=O)OC. The van der Waals surface area contributed by atoms with Crippen LogP contribution in [0.4, 0.5) is 9.18 Å². The van der Waals surface area contributed by atoms with Crippen molar-refractivity contribution in [1.29, 1.82) is 0 Å². The number of rotatable bonds is 5. The lowest BCUT2D eigenvalue weighted by molar-refractivity contribution is -0.144. The predicted molar refractivity (Wildman–Crippen MR) is 106 cm³/mol. The number of hydrogen-bond acceptors (Lipinski definition) is 4. The van der Waals surface area contributed by atoms with Crippen LogP contribution in [-0.2, 0) is 16.0 Å². The monoisotopic (exact) mass is 422 g/mol. The Labute approximate surface area is 173 Å². The smallest absolute Gasteiger partial charge is 0.328 e. The van der Waals surface area contributed by atoms with Gasteiger partial charge < -0.3 is 19.9 Å². The summed E-state index contributed by atoms with van der Waals surface area (Å²) in [4.78, 5) is 34.2. The number of benzene rings is 1. The maximum atomic E-state index is 14.7. The number of H-pyrrole nitrogens is 1. The first-order chi connectivity index (χ1) is 13.9. The van der Waals surface area contributed by atoms with Crippen LogP contribution in [0.2, 0.25) is 5.02 Å². The highest BCUT2D eigenvalue weighted by atomic mass is 35.5. The summed E-state index contributed by atoms with van der Waals surface area (Å²) < 4.78 is 19.5. The molecule has 7 nitrogen and oxygen atoms in total. The first kappa shape index (κ1) is 21.1. The topological polar surface area (TPSA) is 87.3 Å². The van der Waals surface area contributed by atoms with Gasteiger partial charge in [-0.25, -0.2) is 19.0 Å². The number of nitrogens with zero attached hydrogens (tertiary/aromatic N) is 2. The van der Waals surface area contributed by atoms with Crippen molar-refractivity contribution in [2.45, 2.75) is 38.8 Å². The summed E-state index contributed by atoms with van der Waals surface area (Å²) in [5.74, 6) is -1.13. The zero-order chi connectivity index (χ0) is 21.1. The highest BCUT2D eigenvalue weighted by Crippen LogP contribution is 2.36. The van der Waals surface area contributed by atoms with Crippen LogP contribution >= 0.6 is 11.6 Å². The third kappa shape index (κ3) is 4.22. The molecule has 0 bridgehead atoms. The van der Waals surface area contributed by atoms with Crippen molar-refractivity contribution < 1.29 is 18.7 Å². The van der Waals surface area contributed by atoms with E-state index in [-0.39, 0.29) is 11.5 Å². The first-order valence-corrected chi connectivity index (χ1v) is 9.87. The fraction of sp³-hybridized carbons (Fsp3) is 0.450. The van der Waals surface area contributed by atoms with Gasteiger partial charge in [-0.15, -0.1) is 0 Å². The second kappa shape index (κ2) is 8.82. The van der Waals surface area contributed by atoms with E-state index < -0.39 is 29.9 Å². The predicted octanol–water partition coefficient (Wildman–Crippen LogP) is 3.45. The summed E-state index contributed by atoms with van der Waals surface area (Å²) in [5, 5.41) is 3.12. The molecule has 1 aromatic heterocycles. The molecule has 0 aliphatic carbocycles. The molecule has 2 N–H and O–H groups in total. The van der Waals surface area contributed by atoms with E-state index in [4.69, 9.17) is 16.3 Å². The van der Waals surface area contributed by atoms with E-state index in [1.165, 1.54) is 36.5 Å². The van der Waals surface area contributed by atoms with Crippen molar-refractivity contribution in [2.75, 3.05) is 13.7 Å². The zero-order valence-corrected chi connectivity index (χ0v) is 17.3. The molecule has 1 aliphatic rings. The maximum Gasteiger partial charge on any atom is 0.328 e. The van der Waals surface area contributed by atoms with Gasteiger partial charge in [0, 0.05) is 29.2 Å². The van der Waals surface area contributed by atoms with E-state index in [9.17, 15) is 14.0 Å². The molecule has 9 heteroatoms. The van der Waals surface area contributed by atoms with Gasteiger partial charge in [0.2, 0.25) is 0 Å². The Morgan fingerprint density at radius 3 is 2.93 bits per heavy atom. The molecule has 156 valence electrons. The number of imidazole rings is 1. The van der Waals surface area contributed by atoms with Crippen molar-refractivity contribution in [3.05, 3.63) is 52.3 Å². The minimum atomic E-state index is -0.803. The first-order valence-electron chi connectivity index (χ1n) is 9.49. The van der Waals surface area contributed by atoms with Crippen LogP contribution < -0.4 is 5.32 Å². The van der Waals surface area contributed by atoms with Crippen molar-refractivity contribution in [3.8, 4) is 0 Å². The van der Waals surface area contributed by atoms with Gasteiger partial charge in [0.25, 0.3) is 0 Å². The largest absolute Gasteiger partial charge is 0.467 e. The average molecular weight is 423 g/mol. The molecular weight excluding hydrogens is 399 g/mol. The van der Waals surface area contributed by atoms with E-state index in [1.807, 2.05) is 13.8 Å². The number of aromatic nitrogens is 2. The van der Waals surface area contributed by atoms with Gasteiger partial charge in [0.1, 0.15) is 17.9 Å². The summed E-state index contributed by atoms with van der Waals surface area (Å²) in [6.45, 7) is 4.11. The highest BCUT2D eigenvalue weighted by molar-refractivity contribution is 6.30. The zero-order valence-electron chi connectivity index (χ0n) is 16.5. The number of nitrogens with one attached hydrogen (secondary N) is 2. The van der Waals surface area contributed by atoms with Crippen molar-refractivity contribution in [3.63, 3.8) is 0 Å². The molecule has 0 saturated carbocycles. The summed E-state index contributed by atoms with van der Waals surface area (Å²) >= 11 is 6.09. The fourth-order valence-electron chi connectivity index (χ4n) is 3.55. The molecule has 2 heterocycles. The Bertz CT molecular complexity index is 904. The summed E-state index contributed by atoms with van der Waals surface area (Å²) in [5.41, 5.74) is 1.65. The quantitative estimate of drug-likeness (QED) is 0.722. The van der Waals surface area contributed by atoms with Gasteiger partial charge >= 0.3 is 12.0 Å². The Hall–Kier alpha value is -2.61. The lowest BCUT2D eigenvalue weighted by Crippen LogP contribution is -2.53. The Morgan fingerprint density at radius 2 is 2.24 bits per heavy atom. The third-order valence-corrected chi connectivity index (χ3v) is 5.62. The van der Waals surface area contributed by atoms with Crippen molar-refractivity contribution in [1.82, 2.24) is 20.2 Å². The van der Waals surface area contributed by atoms with E-state index in [0.29, 0.717) is 30.1 Å². The molecule has 3 unspecified atom stereocenters. The van der Waals surface area contributed by atoms with Gasteiger partial charge in [0.05, 0.1) is 19.1 Å². The third-order valence-electron chi connectivity index (χ3n) is 5.39. The lowest BCUT2D eigenvalue weighted by Gasteiger charge is -2.36. The van der Waals surface area contributed by atoms with Crippen LogP contribution in [0.1, 0.15) is 43.3 Å². The Morgan fingerprint density at radius 1 is 1.48 bits per heavy atom. The number of esters is 1.